The molecule has 8 heteroatoms. The van der Waals surface area contributed by atoms with Crippen LogP contribution in [0, 0.1) is 0 Å². The minimum atomic E-state index is -0.465. The molecule has 0 aromatic heterocycles. The van der Waals surface area contributed by atoms with E-state index in [1.54, 1.807) is 30.3 Å². The summed E-state index contributed by atoms with van der Waals surface area (Å²) >= 11 is 17.2. The van der Waals surface area contributed by atoms with E-state index in [1.165, 1.54) is 14.2 Å². The Labute approximate surface area is 161 Å². The fourth-order valence-corrected chi connectivity index (χ4v) is 2.83. The minimum absolute atomic E-state index is 0.352. The van der Waals surface area contributed by atoms with Crippen LogP contribution in [-0.2, 0) is 11.3 Å². The molecule has 0 fully saturated rings. The molecular weight excluding hydrogens is 383 g/mol. The Morgan fingerprint density at radius 1 is 1.12 bits per heavy atom. The SMILES string of the molecule is COC(=O)c1cc(CNC(=S)Nc2cc(Cl)cc(Cl)c2)ccc1OC. The van der Waals surface area contributed by atoms with Crippen LogP contribution in [0.4, 0.5) is 5.69 Å². The van der Waals surface area contributed by atoms with Crippen LogP contribution in [-0.4, -0.2) is 25.3 Å². The summed E-state index contributed by atoms with van der Waals surface area (Å²) < 4.78 is 9.92. The van der Waals surface area contributed by atoms with Gasteiger partial charge in [0.05, 0.1) is 14.2 Å². The van der Waals surface area contributed by atoms with E-state index in [4.69, 9.17) is 44.9 Å². The maximum atomic E-state index is 11.8. The Morgan fingerprint density at radius 2 is 1.80 bits per heavy atom. The number of carbonyl (C=O) groups excluding carboxylic acids is 1. The molecule has 0 aliphatic rings. The number of hydrogen-bond donors (Lipinski definition) is 2. The maximum absolute atomic E-state index is 11.8. The first-order valence-corrected chi connectivity index (χ1v) is 8.35. The van der Waals surface area contributed by atoms with Crippen molar-refractivity contribution in [1.29, 1.82) is 0 Å². The molecule has 2 N–H and O–H groups in total. The van der Waals surface area contributed by atoms with Crippen molar-refractivity contribution < 1.29 is 14.3 Å². The molecule has 0 saturated carbocycles. The van der Waals surface area contributed by atoms with Gasteiger partial charge in [0.1, 0.15) is 11.3 Å². The van der Waals surface area contributed by atoms with Crippen LogP contribution in [0.25, 0.3) is 0 Å². The van der Waals surface area contributed by atoms with Gasteiger partial charge in [-0.1, -0.05) is 29.3 Å². The van der Waals surface area contributed by atoms with E-state index < -0.39 is 5.97 Å². The van der Waals surface area contributed by atoms with Gasteiger partial charge in [0, 0.05) is 22.3 Å². The highest BCUT2D eigenvalue weighted by Crippen LogP contribution is 2.23. The number of anilines is 1. The fourth-order valence-electron chi connectivity index (χ4n) is 2.12. The molecule has 132 valence electrons. The van der Waals surface area contributed by atoms with Gasteiger partial charge in [-0.25, -0.2) is 4.79 Å². The minimum Gasteiger partial charge on any atom is -0.496 e. The number of ether oxygens (including phenoxy) is 2. The van der Waals surface area contributed by atoms with E-state index in [9.17, 15) is 4.79 Å². The number of halogens is 2. The van der Waals surface area contributed by atoms with Crippen molar-refractivity contribution in [2.45, 2.75) is 6.54 Å². The third-order valence-electron chi connectivity index (χ3n) is 3.24. The lowest BCUT2D eigenvalue weighted by Crippen LogP contribution is -2.28. The van der Waals surface area contributed by atoms with Crippen molar-refractivity contribution in [3.05, 3.63) is 57.6 Å². The van der Waals surface area contributed by atoms with Gasteiger partial charge < -0.3 is 20.1 Å². The quantitative estimate of drug-likeness (QED) is 0.578. The van der Waals surface area contributed by atoms with Crippen LogP contribution in [0.15, 0.2) is 36.4 Å². The monoisotopic (exact) mass is 398 g/mol. The largest absolute Gasteiger partial charge is 0.496 e. The lowest BCUT2D eigenvalue weighted by atomic mass is 10.1. The highest BCUT2D eigenvalue weighted by molar-refractivity contribution is 7.80. The summed E-state index contributed by atoms with van der Waals surface area (Å²) in [4.78, 5) is 11.8. The summed E-state index contributed by atoms with van der Waals surface area (Å²) in [6, 6.07) is 10.3. The second kappa shape index (κ2) is 8.89. The van der Waals surface area contributed by atoms with E-state index in [0.717, 1.165) is 5.56 Å². The van der Waals surface area contributed by atoms with E-state index >= 15 is 0 Å². The van der Waals surface area contributed by atoms with Gasteiger partial charge in [0.15, 0.2) is 5.11 Å². The molecule has 0 heterocycles. The van der Waals surface area contributed by atoms with Gasteiger partial charge in [-0.15, -0.1) is 0 Å². The average Bonchev–Trinajstić information content (AvgIpc) is 2.58. The van der Waals surface area contributed by atoms with Crippen LogP contribution >= 0.6 is 35.4 Å². The first kappa shape index (κ1) is 19.3. The molecule has 2 aromatic rings. The predicted molar refractivity (Wildman–Crippen MR) is 104 cm³/mol. The number of rotatable bonds is 5. The molecule has 0 aliphatic carbocycles. The van der Waals surface area contributed by atoms with Gasteiger partial charge in [0.2, 0.25) is 0 Å². The summed E-state index contributed by atoms with van der Waals surface area (Å²) in [7, 11) is 2.82. The molecule has 0 bridgehead atoms. The molecule has 0 unspecified atom stereocenters. The van der Waals surface area contributed by atoms with Crippen LogP contribution in [0.2, 0.25) is 10.0 Å². The fraction of sp³-hybridized carbons (Fsp3) is 0.176. The van der Waals surface area contributed by atoms with Gasteiger partial charge >= 0.3 is 5.97 Å². The van der Waals surface area contributed by atoms with Crippen molar-refractivity contribution in [3.8, 4) is 5.75 Å². The van der Waals surface area contributed by atoms with Crippen LogP contribution < -0.4 is 15.4 Å². The first-order valence-electron chi connectivity index (χ1n) is 7.19. The van der Waals surface area contributed by atoms with E-state index in [2.05, 4.69) is 10.6 Å². The van der Waals surface area contributed by atoms with Crippen LogP contribution in [0.5, 0.6) is 5.75 Å². The average molecular weight is 399 g/mol. The third-order valence-corrected chi connectivity index (χ3v) is 3.93. The van der Waals surface area contributed by atoms with E-state index in [-0.39, 0.29) is 0 Å². The zero-order valence-corrected chi connectivity index (χ0v) is 15.9. The number of thiocarbonyl (C=S) groups is 1. The molecular formula is C17H16Cl2N2O3S. The second-order valence-corrected chi connectivity index (χ2v) is 6.27. The summed E-state index contributed by atoms with van der Waals surface area (Å²) in [5.74, 6) is -0.0159. The zero-order chi connectivity index (χ0) is 18.4. The summed E-state index contributed by atoms with van der Waals surface area (Å²) in [6.07, 6.45) is 0. The van der Waals surface area contributed by atoms with Gasteiger partial charge in [-0.3, -0.25) is 0 Å². The molecule has 2 rings (SSSR count). The zero-order valence-electron chi connectivity index (χ0n) is 13.6. The van der Waals surface area contributed by atoms with Gasteiger partial charge in [0.25, 0.3) is 0 Å². The second-order valence-electron chi connectivity index (χ2n) is 4.99. The smallest absolute Gasteiger partial charge is 0.341 e. The van der Waals surface area contributed by atoms with E-state index in [1.807, 2.05) is 6.07 Å². The molecule has 0 saturated heterocycles. The first-order chi connectivity index (χ1) is 11.9. The normalized spacial score (nSPS) is 10.1. The third kappa shape index (κ3) is 5.49. The Balaban J connectivity index is 2.03. The Bertz CT molecular complexity index is 779. The standard InChI is InChI=1S/C17H16Cl2N2O3S/c1-23-15-4-3-10(5-14(15)16(22)24-2)9-20-17(25)21-13-7-11(18)6-12(19)8-13/h3-8H,9H2,1-2H3,(H2,20,21,25). The van der Waals surface area contributed by atoms with Crippen molar-refractivity contribution in [1.82, 2.24) is 5.32 Å². The highest BCUT2D eigenvalue weighted by atomic mass is 35.5. The van der Waals surface area contributed by atoms with Crippen LogP contribution in [0.1, 0.15) is 15.9 Å². The van der Waals surface area contributed by atoms with Gasteiger partial charge in [-0.2, -0.15) is 0 Å². The predicted octanol–water partition coefficient (Wildman–Crippen LogP) is 4.28. The molecule has 0 atom stereocenters. The topological polar surface area (TPSA) is 59.6 Å². The molecule has 0 aliphatic heterocycles. The lowest BCUT2D eigenvalue weighted by molar-refractivity contribution is 0.0597. The number of hydrogen-bond acceptors (Lipinski definition) is 4. The van der Waals surface area contributed by atoms with Crippen molar-refractivity contribution in [2.75, 3.05) is 19.5 Å². The van der Waals surface area contributed by atoms with Crippen molar-refractivity contribution >= 4 is 52.2 Å². The summed E-state index contributed by atoms with van der Waals surface area (Å²) in [5.41, 5.74) is 1.87. The highest BCUT2D eigenvalue weighted by Gasteiger charge is 2.13. The maximum Gasteiger partial charge on any atom is 0.341 e. The molecule has 25 heavy (non-hydrogen) atoms. The van der Waals surface area contributed by atoms with Crippen molar-refractivity contribution in [2.24, 2.45) is 0 Å². The summed E-state index contributed by atoms with van der Waals surface area (Å²) in [5, 5.41) is 7.47. The van der Waals surface area contributed by atoms with Crippen LogP contribution in [0.3, 0.4) is 0 Å². The number of nitrogens with one attached hydrogen (secondary N) is 2. The summed E-state index contributed by atoms with van der Waals surface area (Å²) in [6.45, 7) is 0.411. The Kier molecular flexibility index (Phi) is 6.87. The van der Waals surface area contributed by atoms with E-state index in [0.29, 0.717) is 38.7 Å². The number of carbonyl (C=O) groups is 1. The van der Waals surface area contributed by atoms with Crippen molar-refractivity contribution in [3.63, 3.8) is 0 Å². The molecule has 2 aromatic carbocycles. The Morgan fingerprint density at radius 3 is 2.40 bits per heavy atom. The number of methoxy groups -OCH3 is 2. The molecule has 0 amide bonds. The Hall–Kier alpha value is -2.02. The molecule has 0 radical (unpaired) electrons. The number of benzene rings is 2. The molecule has 5 nitrogen and oxygen atoms in total. The molecule has 0 spiro atoms. The lowest BCUT2D eigenvalue weighted by Gasteiger charge is -2.13. The number of esters is 1. The van der Waals surface area contributed by atoms with Gasteiger partial charge in [-0.05, 0) is 48.1 Å².